The van der Waals surface area contributed by atoms with Crippen LogP contribution in [0.3, 0.4) is 0 Å². The van der Waals surface area contributed by atoms with Gasteiger partial charge in [0, 0.05) is 11.1 Å². The third-order valence-electron chi connectivity index (χ3n) is 8.40. The summed E-state index contributed by atoms with van der Waals surface area (Å²) in [5.74, 6) is 0.956. The molecule has 1 nitrogen and oxygen atoms in total. The van der Waals surface area contributed by atoms with E-state index in [2.05, 4.69) is 6.92 Å². The van der Waals surface area contributed by atoms with Crippen molar-refractivity contribution in [2.75, 3.05) is 0 Å². The monoisotopic (exact) mass is 494 g/mol. The minimum atomic E-state index is -4.45. The molecule has 0 saturated heterocycles. The van der Waals surface area contributed by atoms with Gasteiger partial charge in [0.2, 0.25) is 0 Å². The lowest BCUT2D eigenvalue weighted by Gasteiger charge is -2.38. The topological polar surface area (TPSA) is 9.23 Å². The fraction of sp³-hybridized carbons (Fsp3) is 0.586. The molecule has 2 aromatic carbocycles. The lowest BCUT2D eigenvalue weighted by Crippen LogP contribution is -2.25. The van der Waals surface area contributed by atoms with Gasteiger partial charge in [-0.2, -0.15) is 13.2 Å². The molecule has 0 amide bonds. The summed E-state index contributed by atoms with van der Waals surface area (Å²) in [5, 5.41) is 0. The van der Waals surface area contributed by atoms with E-state index in [1.54, 1.807) is 6.92 Å². The summed E-state index contributed by atoms with van der Waals surface area (Å²) < 4.78 is 74.1. The van der Waals surface area contributed by atoms with Crippen LogP contribution in [0.2, 0.25) is 0 Å². The molecule has 4 rings (SSSR count). The molecule has 192 valence electrons. The van der Waals surface area contributed by atoms with Crippen LogP contribution in [-0.2, 0) is 12.6 Å². The molecule has 2 fully saturated rings. The van der Waals surface area contributed by atoms with Crippen LogP contribution in [0.15, 0.2) is 30.3 Å². The number of benzene rings is 2. The first-order valence-corrected chi connectivity index (χ1v) is 13.1. The van der Waals surface area contributed by atoms with Crippen LogP contribution in [0.25, 0.3) is 0 Å². The second-order valence-corrected chi connectivity index (χ2v) is 10.3. The van der Waals surface area contributed by atoms with Gasteiger partial charge in [-0.05, 0) is 98.9 Å². The summed E-state index contributed by atoms with van der Waals surface area (Å²) in [6, 6.07) is 5.59. The average Bonchev–Trinajstić information content (AvgIpc) is 2.86. The Morgan fingerprint density at radius 3 is 1.91 bits per heavy atom. The van der Waals surface area contributed by atoms with Crippen molar-refractivity contribution >= 4 is 0 Å². The number of hydrogen-bond donors (Lipinski definition) is 0. The molecule has 0 atom stereocenters. The van der Waals surface area contributed by atoms with E-state index in [0.29, 0.717) is 11.5 Å². The third-order valence-corrected chi connectivity index (χ3v) is 8.40. The molecule has 0 N–H and O–H groups in total. The Kier molecular flexibility index (Phi) is 8.07. The molecular formula is C29H35F5O. The van der Waals surface area contributed by atoms with Gasteiger partial charge in [-0.3, -0.25) is 0 Å². The number of ether oxygens (including phenoxy) is 1. The first kappa shape index (κ1) is 26.0. The molecule has 2 aliphatic rings. The van der Waals surface area contributed by atoms with E-state index in [1.165, 1.54) is 50.3 Å². The van der Waals surface area contributed by atoms with Crippen molar-refractivity contribution in [1.29, 1.82) is 0 Å². The van der Waals surface area contributed by atoms with Crippen LogP contribution in [0.4, 0.5) is 22.0 Å². The maximum Gasteiger partial charge on any atom is 0.416 e. The molecule has 0 aliphatic heterocycles. The first-order chi connectivity index (χ1) is 16.7. The zero-order chi connectivity index (χ0) is 25.2. The highest BCUT2D eigenvalue weighted by Gasteiger charge is 2.34. The van der Waals surface area contributed by atoms with Crippen LogP contribution in [0.5, 0.6) is 11.5 Å². The highest BCUT2D eigenvalue weighted by molar-refractivity contribution is 5.48. The molecular weight excluding hydrogens is 459 g/mol. The summed E-state index contributed by atoms with van der Waals surface area (Å²) in [7, 11) is 0. The van der Waals surface area contributed by atoms with Gasteiger partial charge in [0.1, 0.15) is 11.5 Å². The first-order valence-electron chi connectivity index (χ1n) is 13.1. The fourth-order valence-electron chi connectivity index (χ4n) is 6.22. The predicted octanol–water partition coefficient (Wildman–Crippen LogP) is 9.83. The van der Waals surface area contributed by atoms with Crippen molar-refractivity contribution in [3.63, 3.8) is 0 Å². The fourth-order valence-corrected chi connectivity index (χ4v) is 6.22. The highest BCUT2D eigenvalue weighted by Crippen LogP contribution is 2.47. The molecule has 2 saturated carbocycles. The van der Waals surface area contributed by atoms with Gasteiger partial charge < -0.3 is 4.74 Å². The number of rotatable bonds is 6. The Morgan fingerprint density at radius 2 is 1.40 bits per heavy atom. The highest BCUT2D eigenvalue weighted by atomic mass is 19.4. The number of halogens is 5. The molecule has 0 radical (unpaired) electrons. The van der Waals surface area contributed by atoms with Gasteiger partial charge >= 0.3 is 6.18 Å². The zero-order valence-electron chi connectivity index (χ0n) is 20.6. The summed E-state index contributed by atoms with van der Waals surface area (Å²) in [6.07, 6.45) is 6.14. The van der Waals surface area contributed by atoms with E-state index in [0.717, 1.165) is 49.7 Å². The van der Waals surface area contributed by atoms with Crippen molar-refractivity contribution in [2.45, 2.75) is 90.1 Å². The van der Waals surface area contributed by atoms with Crippen molar-refractivity contribution < 1.29 is 26.7 Å². The molecule has 0 heterocycles. The van der Waals surface area contributed by atoms with Gasteiger partial charge in [0.25, 0.3) is 0 Å². The Labute approximate surface area is 205 Å². The van der Waals surface area contributed by atoms with Gasteiger partial charge in [-0.15, -0.1) is 0 Å². The van der Waals surface area contributed by atoms with Crippen LogP contribution >= 0.6 is 0 Å². The summed E-state index contributed by atoms with van der Waals surface area (Å²) in [6.45, 7) is 4.00. The molecule has 2 aromatic rings. The average molecular weight is 495 g/mol. The van der Waals surface area contributed by atoms with Crippen LogP contribution in [0, 0.1) is 29.4 Å². The van der Waals surface area contributed by atoms with Crippen molar-refractivity contribution in [1.82, 2.24) is 0 Å². The van der Waals surface area contributed by atoms with Gasteiger partial charge in [0.05, 0.1) is 5.56 Å². The standard InChI is InChI=1S/C29H35F5O/c1-3-18-5-7-19(8-6-18)20-9-11-21(12-10-20)25-17-26(30)27(31)24(4-2)28(25)35-23-15-13-22(14-16-23)29(32,33)34/h13-21H,3-12H2,1-2H3. The summed E-state index contributed by atoms with van der Waals surface area (Å²) in [5.41, 5.74) is -0.00827. The second kappa shape index (κ2) is 10.9. The quantitative estimate of drug-likeness (QED) is 0.363. The molecule has 0 unspecified atom stereocenters. The maximum atomic E-state index is 14.7. The van der Waals surface area contributed by atoms with E-state index in [4.69, 9.17) is 4.74 Å². The SMILES string of the molecule is CCc1c(F)c(F)cc(C2CCC(C3CCC(CC)CC3)CC2)c1Oc1ccc(C(F)(F)F)cc1. The Bertz CT molecular complexity index is 982. The molecule has 2 aliphatic carbocycles. The second-order valence-electron chi connectivity index (χ2n) is 10.3. The maximum absolute atomic E-state index is 14.7. The van der Waals surface area contributed by atoms with E-state index >= 15 is 0 Å². The predicted molar refractivity (Wildman–Crippen MR) is 128 cm³/mol. The minimum Gasteiger partial charge on any atom is -0.457 e. The van der Waals surface area contributed by atoms with Crippen LogP contribution < -0.4 is 4.74 Å². The molecule has 0 aromatic heterocycles. The number of hydrogen-bond acceptors (Lipinski definition) is 1. The normalized spacial score (nSPS) is 25.5. The minimum absolute atomic E-state index is 0.0445. The lowest BCUT2D eigenvalue weighted by molar-refractivity contribution is -0.137. The Hall–Kier alpha value is -2.11. The largest absolute Gasteiger partial charge is 0.457 e. The Morgan fingerprint density at radius 1 is 0.829 bits per heavy atom. The van der Waals surface area contributed by atoms with Crippen molar-refractivity contribution in [2.24, 2.45) is 17.8 Å². The molecule has 0 bridgehead atoms. The van der Waals surface area contributed by atoms with Crippen molar-refractivity contribution in [3.05, 3.63) is 58.7 Å². The van der Waals surface area contributed by atoms with E-state index < -0.39 is 23.4 Å². The van der Waals surface area contributed by atoms with Gasteiger partial charge in [-0.25, -0.2) is 8.78 Å². The van der Waals surface area contributed by atoms with Crippen molar-refractivity contribution in [3.8, 4) is 11.5 Å². The molecule has 0 spiro atoms. The summed E-state index contributed by atoms with van der Waals surface area (Å²) >= 11 is 0. The van der Waals surface area contributed by atoms with Gasteiger partial charge in [0.15, 0.2) is 11.6 Å². The zero-order valence-corrected chi connectivity index (χ0v) is 20.6. The molecule has 35 heavy (non-hydrogen) atoms. The van der Waals surface area contributed by atoms with Crippen LogP contribution in [0.1, 0.15) is 94.2 Å². The lowest BCUT2D eigenvalue weighted by atomic mass is 9.68. The Balaban J connectivity index is 1.53. The molecule has 6 heteroatoms. The number of alkyl halides is 3. The van der Waals surface area contributed by atoms with E-state index in [-0.39, 0.29) is 29.4 Å². The smallest absolute Gasteiger partial charge is 0.416 e. The van der Waals surface area contributed by atoms with E-state index in [1.807, 2.05) is 0 Å². The van der Waals surface area contributed by atoms with Gasteiger partial charge in [-0.1, -0.05) is 33.1 Å². The van der Waals surface area contributed by atoms with Crippen LogP contribution in [-0.4, -0.2) is 0 Å². The van der Waals surface area contributed by atoms with E-state index in [9.17, 15) is 22.0 Å². The summed E-state index contributed by atoms with van der Waals surface area (Å²) in [4.78, 5) is 0. The third kappa shape index (κ3) is 5.83.